The molecule has 1 aliphatic heterocycles. The van der Waals surface area contributed by atoms with Crippen LogP contribution in [-0.2, 0) is 15.1 Å². The van der Waals surface area contributed by atoms with Crippen LogP contribution in [0.15, 0.2) is 91.0 Å². The molecule has 3 atom stereocenters. The Labute approximate surface area is 245 Å². The average Bonchev–Trinajstić information content (AvgIpc) is 3.37. The van der Waals surface area contributed by atoms with Gasteiger partial charge < -0.3 is 24.1 Å². The molecule has 0 spiro atoms. The smallest absolute Gasteiger partial charge is 0.145 e. The number of aliphatic hydroxyl groups is 1. The summed E-state index contributed by atoms with van der Waals surface area (Å²) < 4.78 is 52.4. The fourth-order valence-corrected chi connectivity index (χ4v) is 5.64. The van der Waals surface area contributed by atoms with Gasteiger partial charge >= 0.3 is 0 Å². The molecule has 0 radical (unpaired) electrons. The molecule has 8 heteroatoms. The molecule has 4 aromatic carbocycles. The van der Waals surface area contributed by atoms with Crippen LogP contribution in [0.5, 0.6) is 11.5 Å². The molecule has 0 bridgehead atoms. The lowest BCUT2D eigenvalue weighted by Gasteiger charge is -2.37. The SMILES string of the molecule is COc1ccc(C(OC[C@H]2O[C@@H](c3ccc(F)c(I)c3F)C[C@@H]2O)(c2ccccc2)c2ccc(OC)cc2)cc1. The Hall–Kier alpha value is -3.05. The molecule has 1 fully saturated rings. The quantitative estimate of drug-likeness (QED) is 0.122. The molecule has 0 saturated carbocycles. The Kier molecular flexibility index (Phi) is 8.70. The lowest BCUT2D eigenvalue weighted by molar-refractivity contribution is -0.0831. The maximum absolute atomic E-state index is 14.9. The van der Waals surface area contributed by atoms with E-state index in [1.54, 1.807) is 36.8 Å². The lowest BCUT2D eigenvalue weighted by atomic mass is 9.80. The number of halogens is 3. The second-order valence-corrected chi connectivity index (χ2v) is 10.6. The van der Waals surface area contributed by atoms with E-state index in [1.807, 2.05) is 78.9 Å². The summed E-state index contributed by atoms with van der Waals surface area (Å²) in [5.74, 6) is 0.101. The van der Waals surface area contributed by atoms with Crippen LogP contribution in [-0.4, -0.2) is 38.1 Å². The largest absolute Gasteiger partial charge is 0.497 e. The molecule has 1 saturated heterocycles. The van der Waals surface area contributed by atoms with E-state index in [2.05, 4.69) is 0 Å². The highest BCUT2D eigenvalue weighted by Gasteiger charge is 2.42. The third-order valence-corrected chi connectivity index (χ3v) is 8.26. The monoisotopic (exact) mass is 658 g/mol. The van der Waals surface area contributed by atoms with Crippen LogP contribution in [0.25, 0.3) is 0 Å². The lowest BCUT2D eigenvalue weighted by Crippen LogP contribution is -2.38. The number of benzene rings is 4. The van der Waals surface area contributed by atoms with Crippen molar-refractivity contribution in [2.24, 2.45) is 0 Å². The number of ether oxygens (including phenoxy) is 4. The number of methoxy groups -OCH3 is 2. The van der Waals surface area contributed by atoms with Crippen molar-refractivity contribution in [1.82, 2.24) is 0 Å². The van der Waals surface area contributed by atoms with Gasteiger partial charge in [0.05, 0.1) is 36.6 Å². The summed E-state index contributed by atoms with van der Waals surface area (Å²) in [7, 11) is 3.22. The summed E-state index contributed by atoms with van der Waals surface area (Å²) in [5.41, 5.74) is 1.68. The zero-order valence-corrected chi connectivity index (χ0v) is 24.2. The summed E-state index contributed by atoms with van der Waals surface area (Å²) in [5, 5.41) is 10.9. The molecule has 1 aliphatic rings. The normalized spacial score (nSPS) is 19.0. The van der Waals surface area contributed by atoms with Crippen molar-refractivity contribution < 1.29 is 32.8 Å². The minimum absolute atomic E-state index is 0.00449. The predicted molar refractivity (Wildman–Crippen MR) is 156 cm³/mol. The topological polar surface area (TPSA) is 57.2 Å². The Morgan fingerprint density at radius 2 is 1.38 bits per heavy atom. The molecule has 5 nitrogen and oxygen atoms in total. The van der Waals surface area contributed by atoms with Gasteiger partial charge in [0, 0.05) is 12.0 Å². The van der Waals surface area contributed by atoms with Gasteiger partial charge in [-0.15, -0.1) is 0 Å². The Morgan fingerprint density at radius 3 is 1.93 bits per heavy atom. The van der Waals surface area contributed by atoms with Crippen molar-refractivity contribution in [3.8, 4) is 11.5 Å². The Bertz CT molecular complexity index is 1380. The first-order chi connectivity index (χ1) is 19.4. The number of hydrogen-bond donors (Lipinski definition) is 1. The number of hydrogen-bond acceptors (Lipinski definition) is 5. The van der Waals surface area contributed by atoms with Crippen LogP contribution in [0, 0.1) is 15.2 Å². The minimum atomic E-state index is -1.09. The molecule has 208 valence electrons. The van der Waals surface area contributed by atoms with Crippen LogP contribution >= 0.6 is 22.6 Å². The van der Waals surface area contributed by atoms with E-state index in [9.17, 15) is 13.9 Å². The van der Waals surface area contributed by atoms with E-state index in [-0.39, 0.29) is 22.2 Å². The number of aliphatic hydroxyl groups excluding tert-OH is 1. The molecule has 40 heavy (non-hydrogen) atoms. The van der Waals surface area contributed by atoms with Gasteiger partial charge in [-0.25, -0.2) is 8.78 Å². The van der Waals surface area contributed by atoms with Crippen LogP contribution in [0.4, 0.5) is 8.78 Å². The van der Waals surface area contributed by atoms with E-state index in [1.165, 1.54) is 12.1 Å². The van der Waals surface area contributed by atoms with Crippen LogP contribution in [0.2, 0.25) is 0 Å². The van der Waals surface area contributed by atoms with Gasteiger partial charge in [-0.1, -0.05) is 60.7 Å². The van der Waals surface area contributed by atoms with E-state index in [4.69, 9.17) is 18.9 Å². The van der Waals surface area contributed by atoms with Gasteiger partial charge in [0.25, 0.3) is 0 Å². The van der Waals surface area contributed by atoms with Gasteiger partial charge in [-0.3, -0.25) is 0 Å². The molecular weight excluding hydrogens is 629 g/mol. The zero-order chi connectivity index (χ0) is 28.3. The minimum Gasteiger partial charge on any atom is -0.497 e. The third kappa shape index (κ3) is 5.45. The standard InChI is InChI=1S/C32H29F2IO5/c1-37-23-12-8-21(9-13-23)32(20-6-4-3-5-7-20,22-10-14-24(38-2)15-11-22)39-19-29-27(36)18-28(40-29)25-16-17-26(33)31(35)30(25)34/h3-17,27-29,36H,18-19H2,1-2H3/t27-,28+,29+/m0/s1. The zero-order valence-electron chi connectivity index (χ0n) is 22.0. The molecule has 4 aromatic rings. The van der Waals surface area contributed by atoms with Gasteiger partial charge in [-0.2, -0.15) is 0 Å². The van der Waals surface area contributed by atoms with Gasteiger partial charge in [0.15, 0.2) is 0 Å². The van der Waals surface area contributed by atoms with Crippen molar-refractivity contribution >= 4 is 22.6 Å². The average molecular weight is 658 g/mol. The summed E-state index contributed by atoms with van der Waals surface area (Å²) >= 11 is 1.64. The highest BCUT2D eigenvalue weighted by molar-refractivity contribution is 14.1. The van der Waals surface area contributed by atoms with Gasteiger partial charge in [-0.05, 0) is 69.6 Å². The molecule has 1 N–H and O–H groups in total. The third-order valence-electron chi connectivity index (χ3n) is 7.27. The van der Waals surface area contributed by atoms with E-state index < -0.39 is 35.5 Å². The van der Waals surface area contributed by atoms with Gasteiger partial charge in [0.2, 0.25) is 0 Å². The molecule has 5 rings (SSSR count). The molecule has 1 heterocycles. The van der Waals surface area contributed by atoms with Gasteiger partial charge in [0.1, 0.15) is 34.8 Å². The highest BCUT2D eigenvalue weighted by atomic mass is 127. The first kappa shape index (κ1) is 28.5. The molecular formula is C32H29F2IO5. The fraction of sp³-hybridized carbons (Fsp3) is 0.250. The first-order valence-electron chi connectivity index (χ1n) is 12.8. The van der Waals surface area contributed by atoms with Crippen molar-refractivity contribution in [3.63, 3.8) is 0 Å². The van der Waals surface area contributed by atoms with Crippen LogP contribution < -0.4 is 9.47 Å². The van der Waals surface area contributed by atoms with E-state index >= 15 is 0 Å². The van der Waals surface area contributed by atoms with E-state index in [0.29, 0.717) is 11.5 Å². The molecule has 0 unspecified atom stereocenters. The summed E-state index contributed by atoms with van der Waals surface area (Å²) in [6, 6.07) is 27.6. The summed E-state index contributed by atoms with van der Waals surface area (Å²) in [6.45, 7) is 0.00449. The second kappa shape index (κ2) is 12.2. The predicted octanol–water partition coefficient (Wildman–Crippen LogP) is 6.79. The molecule has 0 aromatic heterocycles. The Morgan fingerprint density at radius 1 is 0.825 bits per heavy atom. The van der Waals surface area contributed by atoms with Crippen molar-refractivity contribution in [2.75, 3.05) is 20.8 Å². The molecule has 0 aliphatic carbocycles. The van der Waals surface area contributed by atoms with Crippen molar-refractivity contribution in [3.05, 3.63) is 128 Å². The Balaban J connectivity index is 1.53. The summed E-state index contributed by atoms with van der Waals surface area (Å²) in [6.07, 6.45) is -2.22. The highest BCUT2D eigenvalue weighted by Crippen LogP contribution is 2.43. The maximum Gasteiger partial charge on any atom is 0.145 e. The second-order valence-electron chi connectivity index (χ2n) is 9.55. The first-order valence-corrected chi connectivity index (χ1v) is 13.9. The maximum atomic E-state index is 14.9. The van der Waals surface area contributed by atoms with Crippen LogP contribution in [0.1, 0.15) is 34.8 Å². The van der Waals surface area contributed by atoms with Crippen LogP contribution in [0.3, 0.4) is 0 Å². The fourth-order valence-electron chi connectivity index (χ4n) is 5.15. The van der Waals surface area contributed by atoms with Crippen molar-refractivity contribution in [1.29, 1.82) is 0 Å². The van der Waals surface area contributed by atoms with Crippen molar-refractivity contribution in [2.45, 2.75) is 30.3 Å². The summed E-state index contributed by atoms with van der Waals surface area (Å²) in [4.78, 5) is 0. The molecule has 0 amide bonds. The number of rotatable bonds is 9. The van der Waals surface area contributed by atoms with E-state index in [0.717, 1.165) is 16.7 Å².